The van der Waals surface area contributed by atoms with Crippen LogP contribution in [0.1, 0.15) is 11.1 Å². The first-order valence-electron chi connectivity index (χ1n) is 10.4. The van der Waals surface area contributed by atoms with Crippen LogP contribution in [-0.4, -0.2) is 4.98 Å². The van der Waals surface area contributed by atoms with E-state index in [1.165, 1.54) is 16.3 Å². The third kappa shape index (κ3) is 4.24. The molecule has 1 heterocycles. The molecule has 2 nitrogen and oxygen atoms in total. The second-order valence-corrected chi connectivity index (χ2v) is 7.41. The van der Waals surface area contributed by atoms with Crippen LogP contribution in [-0.2, 0) is 0 Å². The summed E-state index contributed by atoms with van der Waals surface area (Å²) in [6, 6.07) is 38.2. The van der Waals surface area contributed by atoms with Crippen molar-refractivity contribution in [2.45, 2.75) is 0 Å². The van der Waals surface area contributed by atoms with Gasteiger partial charge in [-0.05, 0) is 76.5 Å². The molecule has 0 aliphatic rings. The Hall–Kier alpha value is -4.17. The van der Waals surface area contributed by atoms with Gasteiger partial charge in [0.25, 0.3) is 0 Å². The predicted octanol–water partition coefficient (Wildman–Crippen LogP) is 7.88. The quantitative estimate of drug-likeness (QED) is 0.299. The Balaban J connectivity index is 1.51. The number of fused-ring (bicyclic) bond motifs is 1. The van der Waals surface area contributed by atoms with Crippen LogP contribution in [0.2, 0.25) is 0 Å². The number of anilines is 3. The number of nitrogens with zero attached hydrogens (tertiary/aromatic N) is 2. The van der Waals surface area contributed by atoms with Gasteiger partial charge in [-0.3, -0.25) is 4.98 Å². The Morgan fingerprint density at radius 2 is 1.06 bits per heavy atom. The maximum absolute atomic E-state index is 4.07. The summed E-state index contributed by atoms with van der Waals surface area (Å²) < 4.78 is 0. The number of aromatic nitrogens is 1. The van der Waals surface area contributed by atoms with Crippen molar-refractivity contribution < 1.29 is 0 Å². The van der Waals surface area contributed by atoms with Gasteiger partial charge in [-0.25, -0.2) is 0 Å². The minimum absolute atomic E-state index is 1.14. The van der Waals surface area contributed by atoms with Gasteiger partial charge < -0.3 is 4.90 Å². The third-order valence-corrected chi connectivity index (χ3v) is 5.31. The molecule has 5 rings (SSSR count). The molecule has 0 saturated heterocycles. The molecule has 1 aromatic heterocycles. The van der Waals surface area contributed by atoms with Crippen LogP contribution in [0, 0.1) is 0 Å². The normalized spacial score (nSPS) is 11.1. The van der Waals surface area contributed by atoms with Gasteiger partial charge in [0.2, 0.25) is 0 Å². The number of hydrogen-bond donors (Lipinski definition) is 0. The highest BCUT2D eigenvalue weighted by atomic mass is 15.1. The second kappa shape index (κ2) is 8.68. The summed E-state index contributed by atoms with van der Waals surface area (Å²) >= 11 is 0. The van der Waals surface area contributed by atoms with E-state index in [9.17, 15) is 0 Å². The highest BCUT2D eigenvalue weighted by Crippen LogP contribution is 2.35. The van der Waals surface area contributed by atoms with Gasteiger partial charge in [0, 0.05) is 29.5 Å². The largest absolute Gasteiger partial charge is 0.310 e. The fraction of sp³-hybridized carbons (Fsp3) is 0. The monoisotopic (exact) mass is 398 g/mol. The molecule has 0 bridgehead atoms. The molecule has 5 aromatic rings. The van der Waals surface area contributed by atoms with Gasteiger partial charge in [-0.15, -0.1) is 0 Å². The van der Waals surface area contributed by atoms with Crippen LogP contribution in [0.4, 0.5) is 17.1 Å². The van der Waals surface area contributed by atoms with Gasteiger partial charge in [0.05, 0.1) is 0 Å². The molecule has 0 aliphatic heterocycles. The van der Waals surface area contributed by atoms with E-state index in [4.69, 9.17) is 0 Å². The minimum atomic E-state index is 1.14. The maximum atomic E-state index is 4.07. The lowest BCUT2D eigenvalue weighted by atomic mass is 10.0. The van der Waals surface area contributed by atoms with E-state index in [0.29, 0.717) is 0 Å². The molecule has 0 unspecified atom stereocenters. The zero-order valence-corrected chi connectivity index (χ0v) is 17.1. The summed E-state index contributed by atoms with van der Waals surface area (Å²) in [4.78, 5) is 6.36. The number of rotatable bonds is 5. The molecule has 0 amide bonds. The number of para-hydroxylation sites is 2. The Kier molecular flexibility index (Phi) is 5.27. The molecular weight excluding hydrogens is 376 g/mol. The van der Waals surface area contributed by atoms with Crippen LogP contribution >= 0.6 is 0 Å². The summed E-state index contributed by atoms with van der Waals surface area (Å²) in [5.74, 6) is 0. The van der Waals surface area contributed by atoms with E-state index in [2.05, 4.69) is 107 Å². The van der Waals surface area contributed by atoms with Crippen LogP contribution < -0.4 is 4.90 Å². The average molecular weight is 399 g/mol. The molecule has 0 N–H and O–H groups in total. The van der Waals surface area contributed by atoms with Crippen molar-refractivity contribution in [3.8, 4) is 0 Å². The fourth-order valence-electron chi connectivity index (χ4n) is 3.76. The molecule has 148 valence electrons. The minimum Gasteiger partial charge on any atom is -0.310 e. The Morgan fingerprint density at radius 3 is 1.74 bits per heavy atom. The van der Waals surface area contributed by atoms with E-state index in [-0.39, 0.29) is 0 Å². The van der Waals surface area contributed by atoms with Crippen LogP contribution in [0.3, 0.4) is 0 Å². The molecule has 0 atom stereocenters. The molecule has 0 radical (unpaired) electrons. The molecule has 0 spiro atoms. The SMILES string of the molecule is C(=C\c1ccc2cc(N(c3ccccc3)c3ccccc3)ccc2c1)/c1ccncc1. The van der Waals surface area contributed by atoms with Crippen molar-refractivity contribution >= 4 is 40.0 Å². The first kappa shape index (κ1) is 18.8. The van der Waals surface area contributed by atoms with Crippen molar-refractivity contribution in [1.29, 1.82) is 0 Å². The molecule has 2 heteroatoms. The summed E-state index contributed by atoms with van der Waals surface area (Å²) in [6.45, 7) is 0. The molecule has 4 aromatic carbocycles. The van der Waals surface area contributed by atoms with Gasteiger partial charge in [-0.1, -0.05) is 66.7 Å². The van der Waals surface area contributed by atoms with Crippen molar-refractivity contribution in [2.24, 2.45) is 0 Å². The average Bonchev–Trinajstić information content (AvgIpc) is 2.85. The highest BCUT2D eigenvalue weighted by molar-refractivity contribution is 5.91. The zero-order chi connectivity index (χ0) is 20.9. The Labute approximate surface area is 182 Å². The summed E-state index contributed by atoms with van der Waals surface area (Å²) in [5, 5.41) is 2.44. The van der Waals surface area contributed by atoms with Crippen molar-refractivity contribution in [2.75, 3.05) is 4.90 Å². The van der Waals surface area contributed by atoms with E-state index < -0.39 is 0 Å². The van der Waals surface area contributed by atoms with E-state index >= 15 is 0 Å². The van der Waals surface area contributed by atoms with E-state index in [0.717, 1.165) is 22.6 Å². The van der Waals surface area contributed by atoms with Gasteiger partial charge in [-0.2, -0.15) is 0 Å². The summed E-state index contributed by atoms with van der Waals surface area (Å²) in [5.41, 5.74) is 5.76. The van der Waals surface area contributed by atoms with Crippen LogP contribution in [0.15, 0.2) is 122 Å². The fourth-order valence-corrected chi connectivity index (χ4v) is 3.76. The lowest BCUT2D eigenvalue weighted by Gasteiger charge is -2.25. The van der Waals surface area contributed by atoms with Gasteiger partial charge >= 0.3 is 0 Å². The first-order chi connectivity index (χ1) is 15.4. The van der Waals surface area contributed by atoms with E-state index in [1.54, 1.807) is 0 Å². The van der Waals surface area contributed by atoms with E-state index in [1.807, 2.05) is 36.7 Å². The van der Waals surface area contributed by atoms with Gasteiger partial charge in [0.1, 0.15) is 0 Å². The van der Waals surface area contributed by atoms with Crippen molar-refractivity contribution in [1.82, 2.24) is 4.98 Å². The molecule has 0 fully saturated rings. The zero-order valence-electron chi connectivity index (χ0n) is 17.1. The Morgan fingerprint density at radius 1 is 0.484 bits per heavy atom. The number of benzene rings is 4. The van der Waals surface area contributed by atoms with Crippen LogP contribution in [0.5, 0.6) is 0 Å². The molecule has 0 saturated carbocycles. The topological polar surface area (TPSA) is 16.1 Å². The summed E-state index contributed by atoms with van der Waals surface area (Å²) in [7, 11) is 0. The number of pyridine rings is 1. The lowest BCUT2D eigenvalue weighted by Crippen LogP contribution is -2.09. The van der Waals surface area contributed by atoms with Crippen molar-refractivity contribution in [3.05, 3.63) is 133 Å². The summed E-state index contributed by atoms with van der Waals surface area (Å²) in [6.07, 6.45) is 7.88. The molecule has 0 aliphatic carbocycles. The standard InChI is InChI=1S/C29H22N2/c1-3-7-27(8-4-1)31(28-9-5-2-6-10-28)29-16-15-25-21-24(13-14-26(25)22-29)12-11-23-17-19-30-20-18-23/h1-22H/b12-11+. The lowest BCUT2D eigenvalue weighted by molar-refractivity contribution is 1.29. The maximum Gasteiger partial charge on any atom is 0.0468 e. The predicted molar refractivity (Wildman–Crippen MR) is 132 cm³/mol. The molecule has 31 heavy (non-hydrogen) atoms. The number of hydrogen-bond acceptors (Lipinski definition) is 2. The van der Waals surface area contributed by atoms with Crippen LogP contribution in [0.25, 0.3) is 22.9 Å². The first-order valence-corrected chi connectivity index (χ1v) is 10.4. The third-order valence-electron chi connectivity index (χ3n) is 5.31. The smallest absolute Gasteiger partial charge is 0.0468 e. The highest BCUT2D eigenvalue weighted by Gasteiger charge is 2.12. The Bertz CT molecular complexity index is 1270. The van der Waals surface area contributed by atoms with Gasteiger partial charge in [0.15, 0.2) is 0 Å². The van der Waals surface area contributed by atoms with Crippen molar-refractivity contribution in [3.63, 3.8) is 0 Å². The second-order valence-electron chi connectivity index (χ2n) is 7.41. The molecular formula is C29H22N2.